The maximum Gasteiger partial charge on any atom is 0.249 e. The van der Waals surface area contributed by atoms with E-state index in [0.717, 1.165) is 17.5 Å². The molecule has 1 aliphatic carbocycles. The van der Waals surface area contributed by atoms with E-state index < -0.39 is 22.3 Å². The fourth-order valence-electron chi connectivity index (χ4n) is 6.49. The summed E-state index contributed by atoms with van der Waals surface area (Å²) in [6.07, 6.45) is 3.31. The maximum absolute atomic E-state index is 13.1. The summed E-state index contributed by atoms with van der Waals surface area (Å²) < 4.78 is 0. The fourth-order valence-corrected chi connectivity index (χ4v) is 40.3. The van der Waals surface area contributed by atoms with Gasteiger partial charge in [0, 0.05) is 12.7 Å². The zero-order valence-electron chi connectivity index (χ0n) is 20.0. The zero-order valence-corrected chi connectivity index (χ0v) is 23.0. The second-order valence-electron chi connectivity index (χ2n) is 11.0. The summed E-state index contributed by atoms with van der Waals surface area (Å²) in [7, 11) is -5.06. The van der Waals surface area contributed by atoms with Gasteiger partial charge in [-0.15, -0.1) is 0 Å². The number of fused-ring (bicyclic) bond motifs is 3. The molecule has 0 unspecified atom stereocenters. The average molecular weight is 450 g/mol. The Balaban J connectivity index is 2.24. The van der Waals surface area contributed by atoms with Gasteiger partial charge in [0.1, 0.15) is 0 Å². The molecule has 0 aromatic heterocycles. The molecular weight excluding hydrogens is 415 g/mol. The lowest BCUT2D eigenvalue weighted by atomic mass is 9.88. The van der Waals surface area contributed by atoms with Crippen molar-refractivity contribution in [1.82, 2.24) is 0 Å². The van der Waals surface area contributed by atoms with Crippen molar-refractivity contribution >= 4 is 44.6 Å². The smallest absolute Gasteiger partial charge is 0.249 e. The highest BCUT2D eigenvalue weighted by molar-refractivity contribution is 7.74. The molecule has 0 saturated heterocycles. The number of hydrogen-bond acceptors (Lipinski definition) is 1. The van der Waals surface area contributed by atoms with E-state index in [1.54, 1.807) is 5.19 Å². The molecule has 2 bridgehead atoms. The minimum absolute atomic E-state index is 0.249. The molecule has 30 heavy (non-hydrogen) atoms. The Morgan fingerprint density at radius 2 is 1.50 bits per heavy atom. The molecule has 0 atom stereocenters. The number of benzene rings is 2. The number of primary amides is 1. The van der Waals surface area contributed by atoms with Gasteiger partial charge in [0.25, 0.3) is 0 Å². The van der Waals surface area contributed by atoms with Gasteiger partial charge < -0.3 is 5.73 Å². The summed E-state index contributed by atoms with van der Waals surface area (Å²) in [5.41, 5.74) is 16.1. The lowest BCUT2D eigenvalue weighted by molar-refractivity contribution is 0.100. The normalized spacial score (nSPS) is 20.0. The van der Waals surface area contributed by atoms with E-state index in [4.69, 9.17) is 5.73 Å². The van der Waals surface area contributed by atoms with Gasteiger partial charge in [-0.05, 0) is 60.2 Å². The van der Waals surface area contributed by atoms with E-state index in [-0.39, 0.29) is 5.91 Å². The number of carbonyl (C=O) groups is 1. The van der Waals surface area contributed by atoms with E-state index in [1.165, 1.54) is 38.6 Å². The van der Waals surface area contributed by atoms with Crippen LogP contribution in [0.4, 0.5) is 0 Å². The first kappa shape index (κ1) is 21.5. The Bertz CT molecular complexity index is 1160. The third-order valence-electron chi connectivity index (χ3n) is 8.95. The minimum Gasteiger partial charge on any atom is -0.366 e. The van der Waals surface area contributed by atoms with Gasteiger partial charge in [-0.1, -0.05) is 79.9 Å². The van der Waals surface area contributed by atoms with E-state index >= 15 is 0 Å². The summed E-state index contributed by atoms with van der Waals surface area (Å²) in [5.74, 6) is -0.249. The van der Waals surface area contributed by atoms with Crippen LogP contribution in [-0.4, -0.2) is 28.2 Å². The van der Waals surface area contributed by atoms with Crippen molar-refractivity contribution in [2.45, 2.75) is 66.5 Å². The Hall–Kier alpha value is -1.70. The Kier molecular flexibility index (Phi) is 4.60. The van der Waals surface area contributed by atoms with Crippen LogP contribution in [0.3, 0.4) is 0 Å². The summed E-state index contributed by atoms with van der Waals surface area (Å²) in [6, 6.07) is 6.58. The van der Waals surface area contributed by atoms with E-state index in [1.807, 2.05) is 0 Å². The number of hydrogen-bond donors (Lipinski definition) is 1. The molecule has 2 aliphatic rings. The maximum atomic E-state index is 13.1. The molecular formula is C25H35NOSi3. The Morgan fingerprint density at radius 1 is 0.900 bits per heavy atom. The third kappa shape index (κ3) is 2.49. The molecule has 4 rings (SSSR count). The molecule has 0 spiro atoms. The van der Waals surface area contributed by atoms with Crippen molar-refractivity contribution in [2.75, 3.05) is 0 Å². The summed E-state index contributed by atoms with van der Waals surface area (Å²) in [4.78, 5) is 13.1. The van der Waals surface area contributed by atoms with Crippen LogP contribution >= 0.6 is 0 Å². The first-order valence-electron chi connectivity index (χ1n) is 11.0. The molecule has 1 aliphatic heterocycles. The molecule has 1 amide bonds. The van der Waals surface area contributed by atoms with Crippen molar-refractivity contribution < 1.29 is 4.79 Å². The number of nitrogens with two attached hydrogens (primary N) is 1. The van der Waals surface area contributed by atoms with E-state index in [0.29, 0.717) is 0 Å². The standard InChI is InChI=1S/C25H35NOSi3/c1-15-13-18-11-10-12-19(20(18)14-15)21-16(2)23-17(3)24(22(21)25(26)27)29(6,7)30(8,9)28(23,4)5/h10-12,14H,13H2,1-9H3,(H2,26,27). The summed E-state index contributed by atoms with van der Waals surface area (Å²) in [5, 5.41) is 2.97. The van der Waals surface area contributed by atoms with Gasteiger partial charge in [-0.3, -0.25) is 4.79 Å². The molecule has 0 fully saturated rings. The molecule has 2 N–H and O–H groups in total. The van der Waals surface area contributed by atoms with Crippen molar-refractivity contribution in [3.8, 4) is 11.1 Å². The van der Waals surface area contributed by atoms with Crippen LogP contribution in [0.25, 0.3) is 17.2 Å². The molecule has 1 heterocycles. The molecule has 2 aromatic carbocycles. The van der Waals surface area contributed by atoms with Crippen LogP contribution < -0.4 is 16.1 Å². The quantitative estimate of drug-likeness (QED) is 0.661. The average Bonchev–Trinajstić information content (AvgIpc) is 2.99. The van der Waals surface area contributed by atoms with Crippen LogP contribution in [-0.2, 0) is 6.42 Å². The van der Waals surface area contributed by atoms with Gasteiger partial charge in [0.2, 0.25) is 5.91 Å². The van der Waals surface area contributed by atoms with Gasteiger partial charge in [-0.25, -0.2) is 0 Å². The van der Waals surface area contributed by atoms with E-state index in [9.17, 15) is 4.79 Å². The first-order chi connectivity index (χ1) is 13.7. The summed E-state index contributed by atoms with van der Waals surface area (Å²) >= 11 is 0. The third-order valence-corrected chi connectivity index (χ3v) is 50.6. The number of carbonyl (C=O) groups excluding carboxylic acids is 1. The highest BCUT2D eigenvalue weighted by Crippen LogP contribution is 2.42. The highest BCUT2D eigenvalue weighted by atomic mass is 29.6. The molecule has 0 radical (unpaired) electrons. The second kappa shape index (κ2) is 6.40. The predicted molar refractivity (Wildman–Crippen MR) is 139 cm³/mol. The molecule has 0 saturated carbocycles. The van der Waals surface area contributed by atoms with Crippen LogP contribution in [0.1, 0.15) is 39.5 Å². The van der Waals surface area contributed by atoms with Crippen LogP contribution in [0.15, 0.2) is 23.8 Å². The topological polar surface area (TPSA) is 43.1 Å². The number of allylic oxidation sites excluding steroid dienone is 1. The number of amides is 1. The molecule has 158 valence electrons. The first-order valence-corrected chi connectivity index (χ1v) is 22.0. The molecule has 2 aromatic rings. The molecule has 5 heteroatoms. The van der Waals surface area contributed by atoms with Crippen molar-refractivity contribution in [3.63, 3.8) is 0 Å². The van der Waals surface area contributed by atoms with Crippen molar-refractivity contribution in [2.24, 2.45) is 5.73 Å². The van der Waals surface area contributed by atoms with Crippen molar-refractivity contribution in [3.05, 3.63) is 51.6 Å². The van der Waals surface area contributed by atoms with Gasteiger partial charge in [0.15, 0.2) is 0 Å². The predicted octanol–water partition coefficient (Wildman–Crippen LogP) is 4.74. The fraction of sp³-hybridized carbons (Fsp3) is 0.400. The zero-order chi connectivity index (χ0) is 22.4. The van der Waals surface area contributed by atoms with Gasteiger partial charge in [-0.2, -0.15) is 0 Å². The Labute approximate surface area is 184 Å². The van der Waals surface area contributed by atoms with Crippen LogP contribution in [0.2, 0.25) is 39.3 Å². The van der Waals surface area contributed by atoms with Crippen LogP contribution in [0, 0.1) is 13.8 Å². The Morgan fingerprint density at radius 3 is 2.10 bits per heavy atom. The van der Waals surface area contributed by atoms with Crippen LogP contribution in [0.5, 0.6) is 0 Å². The highest BCUT2D eigenvalue weighted by Gasteiger charge is 2.59. The second-order valence-corrected chi connectivity index (χ2v) is 38.3. The summed E-state index contributed by atoms with van der Waals surface area (Å²) in [6.45, 7) is 22.2. The van der Waals surface area contributed by atoms with Gasteiger partial charge >= 0.3 is 0 Å². The monoisotopic (exact) mass is 449 g/mol. The SMILES string of the molecule is CC1=Cc2c(cccc2-c2c(C)c3c(C)c(c2C(N)=O)[Si](C)(C)[Si](C)(C)[Si]3(C)C)C1. The van der Waals surface area contributed by atoms with Crippen molar-refractivity contribution in [1.29, 1.82) is 0 Å². The lowest BCUT2D eigenvalue weighted by Gasteiger charge is -2.55. The largest absolute Gasteiger partial charge is 0.366 e. The minimum atomic E-state index is -1.83. The number of rotatable bonds is 2. The van der Waals surface area contributed by atoms with E-state index in [2.05, 4.69) is 84.3 Å². The van der Waals surface area contributed by atoms with Gasteiger partial charge in [0.05, 0.1) is 15.2 Å². The molecule has 2 nitrogen and oxygen atoms in total. The lowest BCUT2D eigenvalue weighted by Crippen LogP contribution is -2.83.